The SMILES string of the molecule is O=C(Cn1ccc(-c2cccs2)n1)N1CCN(c2ccc(F)cc2)CC1. The Kier molecular flexibility index (Phi) is 4.71. The number of piperazine rings is 1. The molecule has 0 radical (unpaired) electrons. The van der Waals surface area contributed by atoms with Crippen molar-refractivity contribution < 1.29 is 9.18 Å². The summed E-state index contributed by atoms with van der Waals surface area (Å²) in [5, 5.41) is 6.51. The van der Waals surface area contributed by atoms with Crippen LogP contribution in [0.15, 0.2) is 54.0 Å². The Balaban J connectivity index is 1.33. The molecule has 4 rings (SSSR count). The van der Waals surface area contributed by atoms with E-state index in [9.17, 15) is 9.18 Å². The minimum atomic E-state index is -0.233. The second-order valence-electron chi connectivity index (χ2n) is 6.22. The fourth-order valence-electron chi connectivity index (χ4n) is 3.11. The molecule has 0 aliphatic carbocycles. The fraction of sp³-hybridized carbons (Fsp3) is 0.263. The van der Waals surface area contributed by atoms with Crippen LogP contribution in [0.2, 0.25) is 0 Å². The van der Waals surface area contributed by atoms with Crippen molar-refractivity contribution in [2.24, 2.45) is 0 Å². The van der Waals surface area contributed by atoms with Gasteiger partial charge in [-0.2, -0.15) is 5.10 Å². The molecule has 2 aromatic heterocycles. The Hall–Kier alpha value is -2.67. The zero-order chi connectivity index (χ0) is 17.9. The summed E-state index contributed by atoms with van der Waals surface area (Å²) >= 11 is 1.64. The van der Waals surface area contributed by atoms with E-state index in [4.69, 9.17) is 0 Å². The van der Waals surface area contributed by atoms with Gasteiger partial charge in [0.2, 0.25) is 5.91 Å². The van der Waals surface area contributed by atoms with Crippen LogP contribution in [0.1, 0.15) is 0 Å². The van der Waals surface area contributed by atoms with Gasteiger partial charge < -0.3 is 9.80 Å². The first kappa shape index (κ1) is 16.8. The van der Waals surface area contributed by atoms with Crippen LogP contribution in [0.5, 0.6) is 0 Å². The van der Waals surface area contributed by atoms with Crippen molar-refractivity contribution in [3.8, 4) is 10.6 Å². The molecule has 7 heteroatoms. The van der Waals surface area contributed by atoms with Gasteiger partial charge in [-0.3, -0.25) is 9.48 Å². The molecule has 1 fully saturated rings. The average molecular weight is 370 g/mol. The summed E-state index contributed by atoms with van der Waals surface area (Å²) < 4.78 is 14.7. The summed E-state index contributed by atoms with van der Waals surface area (Å²) in [6.07, 6.45) is 1.85. The third-order valence-corrected chi connectivity index (χ3v) is 5.43. The first-order valence-corrected chi connectivity index (χ1v) is 9.43. The fourth-order valence-corrected chi connectivity index (χ4v) is 3.80. The van der Waals surface area contributed by atoms with Gasteiger partial charge in [-0.05, 0) is 41.8 Å². The minimum Gasteiger partial charge on any atom is -0.368 e. The summed E-state index contributed by atoms with van der Waals surface area (Å²) in [5.41, 5.74) is 1.89. The molecular weight excluding hydrogens is 351 g/mol. The number of rotatable bonds is 4. The van der Waals surface area contributed by atoms with Crippen LogP contribution >= 0.6 is 11.3 Å². The van der Waals surface area contributed by atoms with E-state index in [1.165, 1.54) is 12.1 Å². The van der Waals surface area contributed by atoms with Crippen molar-refractivity contribution in [2.45, 2.75) is 6.54 Å². The quantitative estimate of drug-likeness (QED) is 0.709. The van der Waals surface area contributed by atoms with Crippen molar-refractivity contribution in [3.05, 3.63) is 59.9 Å². The Bertz CT molecular complexity index is 867. The van der Waals surface area contributed by atoms with E-state index >= 15 is 0 Å². The van der Waals surface area contributed by atoms with Crippen molar-refractivity contribution in [1.82, 2.24) is 14.7 Å². The first-order valence-electron chi connectivity index (χ1n) is 8.55. The Morgan fingerprint density at radius 3 is 2.54 bits per heavy atom. The summed E-state index contributed by atoms with van der Waals surface area (Å²) in [4.78, 5) is 17.7. The monoisotopic (exact) mass is 370 g/mol. The van der Waals surface area contributed by atoms with E-state index in [-0.39, 0.29) is 18.3 Å². The van der Waals surface area contributed by atoms with E-state index in [1.54, 1.807) is 28.2 Å². The summed E-state index contributed by atoms with van der Waals surface area (Å²) in [6, 6.07) is 12.4. The van der Waals surface area contributed by atoms with Gasteiger partial charge in [0.05, 0.1) is 4.88 Å². The van der Waals surface area contributed by atoms with Gasteiger partial charge in [-0.25, -0.2) is 4.39 Å². The molecule has 3 aromatic rings. The van der Waals surface area contributed by atoms with Crippen LogP contribution in [0.25, 0.3) is 10.6 Å². The molecule has 1 aromatic carbocycles. The van der Waals surface area contributed by atoms with E-state index in [2.05, 4.69) is 10.00 Å². The molecule has 5 nitrogen and oxygen atoms in total. The summed E-state index contributed by atoms with van der Waals surface area (Å²) in [5.74, 6) is -0.159. The number of nitrogens with zero attached hydrogens (tertiary/aromatic N) is 4. The second-order valence-corrected chi connectivity index (χ2v) is 7.17. The molecule has 3 heterocycles. The minimum absolute atomic E-state index is 0.0737. The van der Waals surface area contributed by atoms with E-state index in [0.29, 0.717) is 13.1 Å². The number of hydrogen-bond acceptors (Lipinski definition) is 4. The normalized spacial score (nSPS) is 14.7. The van der Waals surface area contributed by atoms with Crippen LogP contribution in [-0.4, -0.2) is 46.8 Å². The lowest BCUT2D eigenvalue weighted by molar-refractivity contribution is -0.132. The lowest BCUT2D eigenvalue weighted by atomic mass is 10.2. The molecule has 0 N–H and O–H groups in total. The molecule has 1 aliphatic rings. The zero-order valence-corrected chi connectivity index (χ0v) is 15.0. The van der Waals surface area contributed by atoms with Gasteiger partial charge in [0.15, 0.2) is 0 Å². The molecule has 0 saturated carbocycles. The Labute approximate surface area is 155 Å². The largest absolute Gasteiger partial charge is 0.368 e. The van der Waals surface area contributed by atoms with Gasteiger partial charge in [0.1, 0.15) is 18.1 Å². The number of amides is 1. The smallest absolute Gasteiger partial charge is 0.244 e. The highest BCUT2D eigenvalue weighted by molar-refractivity contribution is 7.13. The number of carbonyl (C=O) groups excluding carboxylic acids is 1. The van der Waals surface area contributed by atoms with Crippen LogP contribution in [0.3, 0.4) is 0 Å². The predicted octanol–water partition coefficient (Wildman–Crippen LogP) is 3.10. The van der Waals surface area contributed by atoms with Crippen molar-refractivity contribution in [2.75, 3.05) is 31.1 Å². The second kappa shape index (κ2) is 7.29. The third-order valence-electron chi connectivity index (χ3n) is 4.54. The first-order chi connectivity index (χ1) is 12.7. The predicted molar refractivity (Wildman–Crippen MR) is 101 cm³/mol. The van der Waals surface area contributed by atoms with Gasteiger partial charge in [-0.1, -0.05) is 6.07 Å². The summed E-state index contributed by atoms with van der Waals surface area (Å²) in [7, 11) is 0. The van der Waals surface area contributed by atoms with Gasteiger partial charge >= 0.3 is 0 Å². The molecule has 1 amide bonds. The van der Waals surface area contributed by atoms with Gasteiger partial charge in [-0.15, -0.1) is 11.3 Å². The Morgan fingerprint density at radius 2 is 1.85 bits per heavy atom. The molecule has 0 spiro atoms. The number of aromatic nitrogens is 2. The molecule has 26 heavy (non-hydrogen) atoms. The molecular formula is C19H19FN4OS. The highest BCUT2D eigenvalue weighted by atomic mass is 32.1. The van der Waals surface area contributed by atoms with Crippen molar-refractivity contribution >= 4 is 22.9 Å². The summed E-state index contributed by atoms with van der Waals surface area (Å²) in [6.45, 7) is 3.07. The highest BCUT2D eigenvalue weighted by Crippen LogP contribution is 2.22. The van der Waals surface area contributed by atoms with Gasteiger partial charge in [0, 0.05) is 38.1 Å². The lowest BCUT2D eigenvalue weighted by Crippen LogP contribution is -2.49. The molecule has 0 unspecified atom stereocenters. The third kappa shape index (κ3) is 3.62. The maximum atomic E-state index is 13.0. The molecule has 1 saturated heterocycles. The zero-order valence-electron chi connectivity index (χ0n) is 14.2. The standard InChI is InChI=1S/C19H19FN4OS/c20-15-3-5-16(6-4-15)22-9-11-23(12-10-22)19(25)14-24-8-7-17(21-24)18-2-1-13-26-18/h1-8,13H,9-12,14H2. The van der Waals surface area contributed by atoms with E-state index in [0.717, 1.165) is 29.3 Å². The van der Waals surface area contributed by atoms with Crippen molar-refractivity contribution in [1.29, 1.82) is 0 Å². The molecule has 0 atom stereocenters. The number of carbonyl (C=O) groups is 1. The maximum Gasteiger partial charge on any atom is 0.244 e. The van der Waals surface area contributed by atoms with Crippen LogP contribution in [0, 0.1) is 5.82 Å². The molecule has 1 aliphatic heterocycles. The van der Waals surface area contributed by atoms with Crippen LogP contribution in [0.4, 0.5) is 10.1 Å². The maximum absolute atomic E-state index is 13.0. The molecule has 0 bridgehead atoms. The Morgan fingerprint density at radius 1 is 1.08 bits per heavy atom. The van der Waals surface area contributed by atoms with Gasteiger partial charge in [0.25, 0.3) is 0 Å². The number of thiophene rings is 1. The number of anilines is 1. The topological polar surface area (TPSA) is 41.4 Å². The number of halogens is 1. The lowest BCUT2D eigenvalue weighted by Gasteiger charge is -2.36. The van der Waals surface area contributed by atoms with Crippen molar-refractivity contribution in [3.63, 3.8) is 0 Å². The molecule has 134 valence electrons. The van der Waals surface area contributed by atoms with E-state index in [1.807, 2.05) is 34.7 Å². The number of benzene rings is 1. The van der Waals surface area contributed by atoms with E-state index < -0.39 is 0 Å². The van der Waals surface area contributed by atoms with Crippen LogP contribution in [-0.2, 0) is 11.3 Å². The van der Waals surface area contributed by atoms with Crippen LogP contribution < -0.4 is 4.90 Å². The average Bonchev–Trinajstić information content (AvgIpc) is 3.34. The number of hydrogen-bond donors (Lipinski definition) is 0. The highest BCUT2D eigenvalue weighted by Gasteiger charge is 2.21.